The van der Waals surface area contributed by atoms with E-state index in [9.17, 15) is 9.18 Å². The van der Waals surface area contributed by atoms with Crippen LogP contribution in [0.25, 0.3) is 0 Å². The topological polar surface area (TPSA) is 17.1 Å². The molecule has 0 aliphatic heterocycles. The number of carbonyl (C=O) groups excluding carboxylic acids is 1. The summed E-state index contributed by atoms with van der Waals surface area (Å²) in [6, 6.07) is 14.5. The molecule has 2 aromatic rings. The third-order valence-electron chi connectivity index (χ3n) is 2.44. The van der Waals surface area contributed by atoms with E-state index in [1.807, 2.05) is 30.3 Å². The lowest BCUT2D eigenvalue weighted by atomic mass is 10.0. The summed E-state index contributed by atoms with van der Waals surface area (Å²) in [5.41, 5.74) is 2.10. The average Bonchev–Trinajstić information content (AvgIpc) is 2.31. The van der Waals surface area contributed by atoms with Gasteiger partial charge in [0.05, 0.1) is 5.56 Å². The van der Waals surface area contributed by atoms with Gasteiger partial charge in [0, 0.05) is 0 Å². The first-order valence-corrected chi connectivity index (χ1v) is 5.07. The Morgan fingerprint density at radius 2 is 1.75 bits per heavy atom. The quantitative estimate of drug-likeness (QED) is 0.717. The third kappa shape index (κ3) is 2.34. The van der Waals surface area contributed by atoms with Crippen molar-refractivity contribution >= 4 is 6.29 Å². The lowest BCUT2D eigenvalue weighted by Gasteiger charge is -2.03. The van der Waals surface area contributed by atoms with Crippen LogP contribution in [0.1, 0.15) is 21.5 Å². The molecule has 0 fully saturated rings. The van der Waals surface area contributed by atoms with E-state index >= 15 is 0 Å². The van der Waals surface area contributed by atoms with Crippen molar-refractivity contribution in [2.45, 2.75) is 6.42 Å². The summed E-state index contributed by atoms with van der Waals surface area (Å²) in [7, 11) is 0. The smallest absolute Gasteiger partial charge is 0.152 e. The molecule has 0 saturated carbocycles. The van der Waals surface area contributed by atoms with Crippen LogP contribution >= 0.6 is 0 Å². The molecule has 0 bridgehead atoms. The molecule has 0 amide bonds. The number of benzene rings is 2. The monoisotopic (exact) mass is 214 g/mol. The predicted molar refractivity (Wildman–Crippen MR) is 61.0 cm³/mol. The maximum atomic E-state index is 13.3. The molecule has 0 aliphatic rings. The van der Waals surface area contributed by atoms with Gasteiger partial charge in [0.2, 0.25) is 0 Å². The second-order valence-electron chi connectivity index (χ2n) is 3.64. The van der Waals surface area contributed by atoms with Gasteiger partial charge in [-0.25, -0.2) is 4.39 Å². The summed E-state index contributed by atoms with van der Waals surface area (Å²) >= 11 is 0. The maximum absolute atomic E-state index is 13.3. The molecule has 1 nitrogen and oxygen atoms in total. The molecule has 0 aliphatic carbocycles. The van der Waals surface area contributed by atoms with Gasteiger partial charge in [-0.3, -0.25) is 4.79 Å². The van der Waals surface area contributed by atoms with Crippen LogP contribution in [-0.2, 0) is 6.42 Å². The molecule has 2 rings (SSSR count). The fourth-order valence-corrected chi connectivity index (χ4v) is 1.61. The molecular formula is C14H11FO. The van der Waals surface area contributed by atoms with Crippen molar-refractivity contribution in [2.24, 2.45) is 0 Å². The van der Waals surface area contributed by atoms with E-state index in [0.717, 1.165) is 11.1 Å². The molecule has 0 heterocycles. The van der Waals surface area contributed by atoms with Gasteiger partial charge in [-0.15, -0.1) is 0 Å². The van der Waals surface area contributed by atoms with Gasteiger partial charge in [-0.05, 0) is 29.7 Å². The fourth-order valence-electron chi connectivity index (χ4n) is 1.61. The van der Waals surface area contributed by atoms with Crippen LogP contribution in [0.3, 0.4) is 0 Å². The van der Waals surface area contributed by atoms with Crippen LogP contribution in [-0.4, -0.2) is 6.29 Å². The van der Waals surface area contributed by atoms with Gasteiger partial charge >= 0.3 is 0 Å². The van der Waals surface area contributed by atoms with Gasteiger partial charge in [0.15, 0.2) is 6.29 Å². The number of carbonyl (C=O) groups is 1. The van der Waals surface area contributed by atoms with Crippen molar-refractivity contribution < 1.29 is 9.18 Å². The summed E-state index contributed by atoms with van der Waals surface area (Å²) in [5.74, 6) is -0.455. The summed E-state index contributed by atoms with van der Waals surface area (Å²) in [5, 5.41) is 0. The van der Waals surface area contributed by atoms with Gasteiger partial charge in [0.1, 0.15) is 5.82 Å². The van der Waals surface area contributed by atoms with E-state index in [4.69, 9.17) is 0 Å². The SMILES string of the molecule is O=Cc1ccc(Cc2ccccc2)cc1F. The Labute approximate surface area is 93.5 Å². The molecule has 16 heavy (non-hydrogen) atoms. The molecule has 0 spiro atoms. The molecule has 80 valence electrons. The molecule has 0 radical (unpaired) electrons. The normalized spacial score (nSPS) is 10.1. The summed E-state index contributed by atoms with van der Waals surface area (Å²) in [6.45, 7) is 0. The molecule has 2 aromatic carbocycles. The van der Waals surface area contributed by atoms with Crippen molar-refractivity contribution in [1.82, 2.24) is 0 Å². The third-order valence-corrected chi connectivity index (χ3v) is 2.44. The largest absolute Gasteiger partial charge is 0.298 e. The zero-order valence-electron chi connectivity index (χ0n) is 8.69. The number of hydrogen-bond acceptors (Lipinski definition) is 1. The van der Waals surface area contributed by atoms with Crippen LogP contribution in [0, 0.1) is 5.82 Å². The number of rotatable bonds is 3. The number of halogens is 1. The van der Waals surface area contributed by atoms with Crippen LogP contribution < -0.4 is 0 Å². The zero-order valence-corrected chi connectivity index (χ0v) is 8.69. The Bertz CT molecular complexity index is 491. The van der Waals surface area contributed by atoms with Crippen LogP contribution in [0.5, 0.6) is 0 Å². The highest BCUT2D eigenvalue weighted by Crippen LogP contribution is 2.13. The van der Waals surface area contributed by atoms with Crippen LogP contribution in [0.15, 0.2) is 48.5 Å². The highest BCUT2D eigenvalue weighted by molar-refractivity contribution is 5.75. The first-order valence-electron chi connectivity index (χ1n) is 5.07. The maximum Gasteiger partial charge on any atom is 0.152 e. The van der Waals surface area contributed by atoms with Crippen LogP contribution in [0.2, 0.25) is 0 Å². The van der Waals surface area contributed by atoms with E-state index in [-0.39, 0.29) is 5.56 Å². The highest BCUT2D eigenvalue weighted by atomic mass is 19.1. The second kappa shape index (κ2) is 4.71. The molecule has 2 heteroatoms. The van der Waals surface area contributed by atoms with Gasteiger partial charge in [0.25, 0.3) is 0 Å². The molecule has 0 aromatic heterocycles. The van der Waals surface area contributed by atoms with Gasteiger partial charge in [-0.2, -0.15) is 0 Å². The van der Waals surface area contributed by atoms with Crippen LogP contribution in [0.4, 0.5) is 4.39 Å². The van der Waals surface area contributed by atoms with Crippen molar-refractivity contribution in [1.29, 1.82) is 0 Å². The Kier molecular flexibility index (Phi) is 3.10. The number of hydrogen-bond donors (Lipinski definition) is 0. The fraction of sp³-hybridized carbons (Fsp3) is 0.0714. The minimum Gasteiger partial charge on any atom is -0.298 e. The molecule has 0 N–H and O–H groups in total. The van der Waals surface area contributed by atoms with Crippen molar-refractivity contribution in [3.8, 4) is 0 Å². The average molecular weight is 214 g/mol. The first kappa shape index (κ1) is 10.6. The second-order valence-corrected chi connectivity index (χ2v) is 3.64. The van der Waals surface area contributed by atoms with E-state index in [1.54, 1.807) is 6.07 Å². The Morgan fingerprint density at radius 3 is 2.38 bits per heavy atom. The Morgan fingerprint density at radius 1 is 1.00 bits per heavy atom. The summed E-state index contributed by atoms with van der Waals surface area (Å²) in [6.07, 6.45) is 1.21. The van der Waals surface area contributed by atoms with Crippen molar-refractivity contribution in [3.63, 3.8) is 0 Å². The van der Waals surface area contributed by atoms with Crippen molar-refractivity contribution in [2.75, 3.05) is 0 Å². The molecule has 0 saturated heterocycles. The minimum absolute atomic E-state index is 0.108. The van der Waals surface area contributed by atoms with Crippen molar-refractivity contribution in [3.05, 3.63) is 71.0 Å². The highest BCUT2D eigenvalue weighted by Gasteiger charge is 2.02. The molecular weight excluding hydrogens is 203 g/mol. The number of aldehydes is 1. The van der Waals surface area contributed by atoms with Gasteiger partial charge in [-0.1, -0.05) is 36.4 Å². The Hall–Kier alpha value is -1.96. The summed E-state index contributed by atoms with van der Waals surface area (Å²) < 4.78 is 13.3. The van der Waals surface area contributed by atoms with E-state index in [2.05, 4.69) is 0 Å². The molecule has 0 atom stereocenters. The minimum atomic E-state index is -0.455. The van der Waals surface area contributed by atoms with E-state index in [0.29, 0.717) is 12.7 Å². The first-order chi connectivity index (χ1) is 7.79. The van der Waals surface area contributed by atoms with E-state index < -0.39 is 5.82 Å². The van der Waals surface area contributed by atoms with Gasteiger partial charge < -0.3 is 0 Å². The standard InChI is InChI=1S/C14H11FO/c15-14-9-12(6-7-13(14)10-16)8-11-4-2-1-3-5-11/h1-7,9-10H,8H2. The predicted octanol–water partition coefficient (Wildman–Crippen LogP) is 3.23. The zero-order chi connectivity index (χ0) is 11.4. The van der Waals surface area contributed by atoms with E-state index in [1.165, 1.54) is 12.1 Å². The Balaban J connectivity index is 2.23. The molecule has 0 unspecified atom stereocenters. The summed E-state index contributed by atoms with van der Waals surface area (Å²) in [4.78, 5) is 10.5. The lowest BCUT2D eigenvalue weighted by molar-refractivity contribution is 0.112. The lowest BCUT2D eigenvalue weighted by Crippen LogP contribution is -1.92.